The molecule has 0 radical (unpaired) electrons. The van der Waals surface area contributed by atoms with Gasteiger partial charge in [-0.3, -0.25) is 0 Å². The monoisotopic (exact) mass is 357 g/mol. The highest BCUT2D eigenvalue weighted by atomic mass is 79.9. The van der Waals surface area contributed by atoms with E-state index in [1.807, 2.05) is 12.1 Å². The van der Waals surface area contributed by atoms with E-state index in [2.05, 4.69) is 28.2 Å². The van der Waals surface area contributed by atoms with Crippen LogP contribution in [0.15, 0.2) is 34.1 Å². The van der Waals surface area contributed by atoms with E-state index in [0.717, 1.165) is 27.2 Å². The molecule has 1 atom stereocenters. The normalized spacial score (nSPS) is 12.4. The SMILES string of the molecule is CCCNC(c1ccc(Br)s1)c1cc(F)ccc1OC. The number of halogens is 2. The first kappa shape index (κ1) is 15.5. The van der Waals surface area contributed by atoms with Crippen molar-refractivity contribution in [3.63, 3.8) is 0 Å². The molecule has 1 aromatic carbocycles. The number of thiophene rings is 1. The van der Waals surface area contributed by atoms with Gasteiger partial charge in [-0.2, -0.15) is 0 Å². The molecule has 0 fully saturated rings. The van der Waals surface area contributed by atoms with Gasteiger partial charge in [-0.1, -0.05) is 6.92 Å². The van der Waals surface area contributed by atoms with Gasteiger partial charge in [0.2, 0.25) is 0 Å². The van der Waals surface area contributed by atoms with Gasteiger partial charge < -0.3 is 10.1 Å². The Morgan fingerprint density at radius 1 is 1.35 bits per heavy atom. The number of rotatable bonds is 6. The topological polar surface area (TPSA) is 21.3 Å². The van der Waals surface area contributed by atoms with Crippen LogP contribution in [0.4, 0.5) is 4.39 Å². The molecule has 0 aliphatic carbocycles. The molecule has 0 spiro atoms. The minimum absolute atomic E-state index is 0.0584. The fourth-order valence-corrected chi connectivity index (χ4v) is 3.59. The fraction of sp³-hybridized carbons (Fsp3) is 0.333. The average Bonchev–Trinajstić information content (AvgIpc) is 2.86. The molecule has 108 valence electrons. The molecule has 1 heterocycles. The summed E-state index contributed by atoms with van der Waals surface area (Å²) in [6.45, 7) is 2.97. The Hall–Kier alpha value is -0.910. The molecule has 0 saturated heterocycles. The lowest BCUT2D eigenvalue weighted by molar-refractivity contribution is 0.402. The second-order valence-corrected chi connectivity index (χ2v) is 6.91. The zero-order valence-electron chi connectivity index (χ0n) is 11.5. The Balaban J connectivity index is 2.42. The Morgan fingerprint density at radius 2 is 2.15 bits per heavy atom. The van der Waals surface area contributed by atoms with Gasteiger partial charge in [0.05, 0.1) is 16.9 Å². The third kappa shape index (κ3) is 3.59. The first-order valence-electron chi connectivity index (χ1n) is 6.47. The molecule has 2 aromatic rings. The predicted molar refractivity (Wildman–Crippen MR) is 85.1 cm³/mol. The maximum absolute atomic E-state index is 13.6. The fourth-order valence-electron chi connectivity index (χ4n) is 2.07. The van der Waals surface area contributed by atoms with E-state index in [-0.39, 0.29) is 11.9 Å². The Bertz CT molecular complexity index is 573. The van der Waals surface area contributed by atoms with Crippen molar-refractivity contribution in [1.29, 1.82) is 0 Å². The Morgan fingerprint density at radius 3 is 2.75 bits per heavy atom. The van der Waals surface area contributed by atoms with Crippen molar-refractivity contribution in [2.24, 2.45) is 0 Å². The third-order valence-electron chi connectivity index (χ3n) is 2.98. The van der Waals surface area contributed by atoms with E-state index in [4.69, 9.17) is 4.74 Å². The van der Waals surface area contributed by atoms with Crippen molar-refractivity contribution in [2.45, 2.75) is 19.4 Å². The van der Waals surface area contributed by atoms with Crippen molar-refractivity contribution in [3.8, 4) is 5.75 Å². The van der Waals surface area contributed by atoms with Crippen LogP contribution in [0.5, 0.6) is 5.75 Å². The maximum atomic E-state index is 13.6. The summed E-state index contributed by atoms with van der Waals surface area (Å²) in [7, 11) is 1.61. The highest BCUT2D eigenvalue weighted by Gasteiger charge is 2.20. The summed E-state index contributed by atoms with van der Waals surface area (Å²) in [6.07, 6.45) is 1.01. The lowest BCUT2D eigenvalue weighted by atomic mass is 10.0. The number of benzene rings is 1. The van der Waals surface area contributed by atoms with Gasteiger partial charge in [0, 0.05) is 10.4 Å². The quantitative estimate of drug-likeness (QED) is 0.805. The number of hydrogen-bond donors (Lipinski definition) is 1. The van der Waals surface area contributed by atoms with Crippen LogP contribution < -0.4 is 10.1 Å². The van der Waals surface area contributed by atoms with Crippen LogP contribution in [0.1, 0.15) is 29.8 Å². The van der Waals surface area contributed by atoms with Crippen LogP contribution in [0, 0.1) is 5.82 Å². The highest BCUT2D eigenvalue weighted by molar-refractivity contribution is 9.11. The molecule has 0 aliphatic rings. The van der Waals surface area contributed by atoms with E-state index in [9.17, 15) is 4.39 Å². The van der Waals surface area contributed by atoms with Crippen LogP contribution in [0.3, 0.4) is 0 Å². The summed E-state index contributed by atoms with van der Waals surface area (Å²) in [4.78, 5) is 1.13. The zero-order chi connectivity index (χ0) is 14.5. The van der Waals surface area contributed by atoms with Gasteiger partial charge in [-0.25, -0.2) is 4.39 Å². The molecule has 1 aromatic heterocycles. The van der Waals surface area contributed by atoms with Crippen molar-refractivity contribution >= 4 is 27.3 Å². The first-order valence-corrected chi connectivity index (χ1v) is 8.08. The maximum Gasteiger partial charge on any atom is 0.124 e. The van der Waals surface area contributed by atoms with Crippen molar-refractivity contribution in [2.75, 3.05) is 13.7 Å². The highest BCUT2D eigenvalue weighted by Crippen LogP contribution is 2.35. The third-order valence-corrected chi connectivity index (χ3v) is 4.67. The molecule has 1 N–H and O–H groups in total. The van der Waals surface area contributed by atoms with Crippen molar-refractivity contribution in [3.05, 3.63) is 50.4 Å². The van der Waals surface area contributed by atoms with E-state index >= 15 is 0 Å². The van der Waals surface area contributed by atoms with Crippen molar-refractivity contribution < 1.29 is 9.13 Å². The van der Waals surface area contributed by atoms with Crippen LogP contribution in [-0.2, 0) is 0 Å². The standard InChI is InChI=1S/C15H17BrFNOS/c1-3-8-18-15(13-6-7-14(16)20-13)11-9-10(17)4-5-12(11)19-2/h4-7,9,15,18H,3,8H2,1-2H3. The lowest BCUT2D eigenvalue weighted by Gasteiger charge is -2.20. The minimum atomic E-state index is -0.250. The van der Waals surface area contributed by atoms with E-state index in [1.165, 1.54) is 6.07 Å². The van der Waals surface area contributed by atoms with E-state index in [1.54, 1.807) is 30.6 Å². The molecule has 20 heavy (non-hydrogen) atoms. The second-order valence-electron chi connectivity index (χ2n) is 4.42. The molecule has 1 unspecified atom stereocenters. The molecule has 0 bridgehead atoms. The molecule has 2 rings (SSSR count). The first-order chi connectivity index (χ1) is 9.65. The van der Waals surface area contributed by atoms with Gasteiger partial charge in [0.1, 0.15) is 11.6 Å². The Kier molecular flexibility index (Phi) is 5.57. The molecular weight excluding hydrogens is 341 g/mol. The van der Waals surface area contributed by atoms with Gasteiger partial charge >= 0.3 is 0 Å². The smallest absolute Gasteiger partial charge is 0.124 e. The van der Waals surface area contributed by atoms with Crippen LogP contribution in [0.2, 0.25) is 0 Å². The predicted octanol–water partition coefficient (Wildman–Crippen LogP) is 4.75. The number of methoxy groups -OCH3 is 1. The van der Waals surface area contributed by atoms with Gasteiger partial charge in [-0.15, -0.1) is 11.3 Å². The largest absolute Gasteiger partial charge is 0.496 e. The van der Waals surface area contributed by atoms with Crippen LogP contribution in [0.25, 0.3) is 0 Å². The van der Waals surface area contributed by atoms with Crippen molar-refractivity contribution in [1.82, 2.24) is 5.32 Å². The van der Waals surface area contributed by atoms with Gasteiger partial charge in [0.25, 0.3) is 0 Å². The summed E-state index contributed by atoms with van der Waals surface area (Å²) in [5, 5.41) is 3.46. The molecule has 0 saturated carbocycles. The average molecular weight is 358 g/mol. The lowest BCUT2D eigenvalue weighted by Crippen LogP contribution is -2.23. The van der Waals surface area contributed by atoms with Crippen LogP contribution in [-0.4, -0.2) is 13.7 Å². The molecule has 2 nitrogen and oxygen atoms in total. The summed E-state index contributed by atoms with van der Waals surface area (Å²) in [5.74, 6) is 0.448. The number of nitrogens with one attached hydrogen (secondary N) is 1. The summed E-state index contributed by atoms with van der Waals surface area (Å²) in [6, 6.07) is 8.63. The molecule has 5 heteroatoms. The van der Waals surface area contributed by atoms with E-state index < -0.39 is 0 Å². The minimum Gasteiger partial charge on any atom is -0.496 e. The van der Waals surface area contributed by atoms with E-state index in [0.29, 0.717) is 5.75 Å². The Labute approximate surface area is 131 Å². The van der Waals surface area contributed by atoms with Crippen LogP contribution >= 0.6 is 27.3 Å². The summed E-state index contributed by atoms with van der Waals surface area (Å²) >= 11 is 5.12. The molecule has 0 amide bonds. The number of ether oxygens (including phenoxy) is 1. The zero-order valence-corrected chi connectivity index (χ0v) is 13.9. The van der Waals surface area contributed by atoms with Gasteiger partial charge in [0.15, 0.2) is 0 Å². The summed E-state index contributed by atoms with van der Waals surface area (Å²) < 4.78 is 20.0. The molecular formula is C15H17BrFNOS. The molecule has 0 aliphatic heterocycles. The number of hydrogen-bond acceptors (Lipinski definition) is 3. The summed E-state index contributed by atoms with van der Waals surface area (Å²) in [5.41, 5.74) is 0.829. The van der Waals surface area contributed by atoms with Gasteiger partial charge in [-0.05, 0) is 59.2 Å². The second kappa shape index (κ2) is 7.20.